The van der Waals surface area contributed by atoms with Crippen molar-refractivity contribution in [1.29, 1.82) is 0 Å². The Morgan fingerprint density at radius 1 is 1.18 bits per heavy atom. The Hall–Kier alpha value is -3.68. The second-order valence-electron chi connectivity index (χ2n) is 8.92. The predicted octanol–water partition coefficient (Wildman–Crippen LogP) is 4.39. The van der Waals surface area contributed by atoms with Gasteiger partial charge in [0.2, 0.25) is 5.95 Å². The molecule has 0 radical (unpaired) electrons. The first-order valence-corrected chi connectivity index (χ1v) is 12.1. The topological polar surface area (TPSA) is 117 Å². The summed E-state index contributed by atoms with van der Waals surface area (Å²) in [5.41, 5.74) is 2.73. The van der Waals surface area contributed by atoms with Crippen LogP contribution < -0.4 is 15.7 Å². The molecule has 4 aromatic rings. The monoisotopic (exact) mass is 549 g/mol. The zero-order valence-corrected chi connectivity index (χ0v) is 21.1. The summed E-state index contributed by atoms with van der Waals surface area (Å²) in [6, 6.07) is 6.16. The number of imidazole rings is 1. The average molecular weight is 550 g/mol. The molecule has 1 fully saturated rings. The molecule has 3 aromatic heterocycles. The van der Waals surface area contributed by atoms with Crippen LogP contribution in [0.15, 0.2) is 30.5 Å². The fourth-order valence-electron chi connectivity index (χ4n) is 4.52. The van der Waals surface area contributed by atoms with Crippen molar-refractivity contribution in [3.63, 3.8) is 0 Å². The molecule has 1 amide bonds. The molecule has 1 aliphatic rings. The van der Waals surface area contributed by atoms with Gasteiger partial charge in [0, 0.05) is 30.2 Å². The molecule has 14 heteroatoms. The molecule has 10 nitrogen and oxygen atoms in total. The zero-order chi connectivity index (χ0) is 27.2. The van der Waals surface area contributed by atoms with Crippen molar-refractivity contribution in [1.82, 2.24) is 24.8 Å². The number of ether oxygens (including phenoxy) is 1. The fourth-order valence-corrected chi connectivity index (χ4v) is 4.67. The van der Waals surface area contributed by atoms with Crippen molar-refractivity contribution < 1.29 is 27.9 Å². The van der Waals surface area contributed by atoms with Crippen LogP contribution in [0.25, 0.3) is 16.6 Å². The second kappa shape index (κ2) is 9.89. The predicted molar refractivity (Wildman–Crippen MR) is 134 cm³/mol. The Bertz CT molecular complexity index is 1540. The zero-order valence-electron chi connectivity index (χ0n) is 20.3. The van der Waals surface area contributed by atoms with Gasteiger partial charge < -0.3 is 15.0 Å². The lowest BCUT2D eigenvalue weighted by Crippen LogP contribution is -2.38. The average Bonchev–Trinajstić information content (AvgIpc) is 3.35. The highest BCUT2D eigenvalue weighted by atomic mass is 35.5. The molecule has 0 bridgehead atoms. The van der Waals surface area contributed by atoms with E-state index in [0.29, 0.717) is 48.7 Å². The van der Waals surface area contributed by atoms with Crippen LogP contribution in [0.3, 0.4) is 0 Å². The number of nitrogens with zero attached hydrogens (tertiary/aromatic N) is 5. The van der Waals surface area contributed by atoms with Crippen LogP contribution in [-0.2, 0) is 10.9 Å². The number of halogens is 4. The Morgan fingerprint density at radius 2 is 1.92 bits per heavy atom. The lowest BCUT2D eigenvalue weighted by Gasteiger charge is -2.29. The largest absolute Gasteiger partial charge is 0.434 e. The van der Waals surface area contributed by atoms with Gasteiger partial charge in [0.25, 0.3) is 5.91 Å². The number of morpholine rings is 1. The third kappa shape index (κ3) is 4.79. The maximum atomic E-state index is 13.7. The third-order valence-corrected chi connectivity index (χ3v) is 6.47. The van der Waals surface area contributed by atoms with Crippen LogP contribution in [0.2, 0.25) is 5.15 Å². The number of aromatic nitrogens is 4. The van der Waals surface area contributed by atoms with Gasteiger partial charge in [0.1, 0.15) is 10.8 Å². The van der Waals surface area contributed by atoms with E-state index in [1.54, 1.807) is 17.6 Å². The fraction of sp³-hybridized carbons (Fsp3) is 0.333. The number of hydroxylamine groups is 1. The van der Waals surface area contributed by atoms with Crippen molar-refractivity contribution in [3.05, 3.63) is 58.1 Å². The molecule has 1 saturated heterocycles. The SMILES string of the molecule is Cc1cc([C@@H](C)Nc2ccc(Cl)nc2C(=O)NO)c2nc(N3CCOCC3)n3cc(C(F)(F)F)nc3c2c1. The van der Waals surface area contributed by atoms with Crippen LogP contribution >= 0.6 is 11.6 Å². The van der Waals surface area contributed by atoms with Gasteiger partial charge in [-0.25, -0.2) is 20.4 Å². The number of carbonyl (C=O) groups is 1. The number of pyridine rings is 1. The van der Waals surface area contributed by atoms with Crippen molar-refractivity contribution in [2.24, 2.45) is 0 Å². The molecule has 0 aliphatic carbocycles. The highest BCUT2D eigenvalue weighted by molar-refractivity contribution is 6.29. The number of carbonyl (C=O) groups excluding carboxylic acids is 1. The van der Waals surface area contributed by atoms with Gasteiger partial charge in [-0.3, -0.25) is 14.4 Å². The number of amides is 1. The van der Waals surface area contributed by atoms with Gasteiger partial charge in [-0.15, -0.1) is 0 Å². The molecule has 1 aliphatic heterocycles. The Labute approximate surface area is 219 Å². The maximum absolute atomic E-state index is 13.7. The summed E-state index contributed by atoms with van der Waals surface area (Å²) in [5.74, 6) is -0.535. The molecule has 200 valence electrons. The quantitative estimate of drug-likeness (QED) is 0.191. The number of fused-ring (bicyclic) bond motifs is 3. The van der Waals surface area contributed by atoms with Gasteiger partial charge in [-0.2, -0.15) is 13.2 Å². The van der Waals surface area contributed by atoms with Crippen LogP contribution in [0, 0.1) is 6.92 Å². The Kier molecular flexibility index (Phi) is 6.75. The standard InChI is InChI=1S/C24H23ClF3N7O3/c1-12-9-14(13(2)29-16-3-4-18(25)31-20(16)22(36)33-37)19-15(10-12)21-30-17(24(26,27)28)11-35(21)23(32-19)34-5-7-38-8-6-34/h3-4,9-11,13,29,37H,5-8H2,1-2H3,(H,33,36)/t13-/m1/s1. The minimum absolute atomic E-state index is 0.0572. The third-order valence-electron chi connectivity index (χ3n) is 6.26. The number of hydrogen-bond acceptors (Lipinski definition) is 8. The maximum Gasteiger partial charge on any atom is 0.434 e. The smallest absolute Gasteiger partial charge is 0.378 e. The van der Waals surface area contributed by atoms with E-state index in [-0.39, 0.29) is 22.2 Å². The van der Waals surface area contributed by atoms with Gasteiger partial charge in [-0.05, 0) is 37.6 Å². The molecule has 0 saturated carbocycles. The number of anilines is 2. The van der Waals surface area contributed by atoms with E-state index in [9.17, 15) is 18.0 Å². The summed E-state index contributed by atoms with van der Waals surface area (Å²) in [6.07, 6.45) is -3.66. The van der Waals surface area contributed by atoms with E-state index in [1.807, 2.05) is 24.8 Å². The van der Waals surface area contributed by atoms with E-state index < -0.39 is 23.8 Å². The molecule has 4 heterocycles. The summed E-state index contributed by atoms with van der Waals surface area (Å²) in [5, 5.41) is 12.8. The molecule has 3 N–H and O–H groups in total. The first-order valence-electron chi connectivity index (χ1n) is 11.7. The number of hydrogen-bond donors (Lipinski definition) is 3. The highest BCUT2D eigenvalue weighted by Gasteiger charge is 2.35. The molecule has 0 unspecified atom stereocenters. The molecular formula is C24H23ClF3N7O3. The van der Waals surface area contributed by atoms with Crippen LogP contribution in [-0.4, -0.2) is 56.8 Å². The van der Waals surface area contributed by atoms with Crippen LogP contribution in [0.4, 0.5) is 24.8 Å². The van der Waals surface area contributed by atoms with E-state index in [4.69, 9.17) is 26.5 Å². The van der Waals surface area contributed by atoms with Crippen LogP contribution in [0.1, 0.15) is 40.3 Å². The van der Waals surface area contributed by atoms with Gasteiger partial charge in [0.05, 0.1) is 30.5 Å². The van der Waals surface area contributed by atoms with Crippen molar-refractivity contribution in [2.45, 2.75) is 26.1 Å². The summed E-state index contributed by atoms with van der Waals surface area (Å²) in [7, 11) is 0. The van der Waals surface area contributed by atoms with Gasteiger partial charge in [0.15, 0.2) is 11.4 Å². The van der Waals surface area contributed by atoms with Gasteiger partial charge >= 0.3 is 6.18 Å². The summed E-state index contributed by atoms with van der Waals surface area (Å²) >= 11 is 5.94. The molecule has 1 atom stereocenters. The minimum Gasteiger partial charge on any atom is -0.378 e. The van der Waals surface area contributed by atoms with Crippen LogP contribution in [0.5, 0.6) is 0 Å². The number of benzene rings is 1. The van der Waals surface area contributed by atoms with E-state index in [1.165, 1.54) is 10.5 Å². The van der Waals surface area contributed by atoms with Crippen molar-refractivity contribution in [3.8, 4) is 0 Å². The number of rotatable bonds is 5. The summed E-state index contributed by atoms with van der Waals surface area (Å²) in [6.45, 7) is 5.39. The first kappa shape index (κ1) is 25.9. The van der Waals surface area contributed by atoms with Crippen molar-refractivity contribution in [2.75, 3.05) is 36.5 Å². The van der Waals surface area contributed by atoms with E-state index in [2.05, 4.69) is 15.3 Å². The number of aryl methyl sites for hydroxylation is 1. The molecule has 38 heavy (non-hydrogen) atoms. The molecule has 5 rings (SSSR count). The lowest BCUT2D eigenvalue weighted by atomic mass is 10.0. The van der Waals surface area contributed by atoms with Crippen molar-refractivity contribution >= 4 is 45.7 Å². The Morgan fingerprint density at radius 3 is 2.61 bits per heavy atom. The molecule has 0 spiro atoms. The second-order valence-corrected chi connectivity index (χ2v) is 9.30. The molecule has 1 aromatic carbocycles. The minimum atomic E-state index is -4.63. The normalized spacial score (nSPS) is 15.2. The highest BCUT2D eigenvalue weighted by Crippen LogP contribution is 2.35. The Balaban J connectivity index is 1.69. The summed E-state index contributed by atoms with van der Waals surface area (Å²) < 4.78 is 47.9. The summed E-state index contributed by atoms with van der Waals surface area (Å²) in [4.78, 5) is 26.8. The first-order chi connectivity index (χ1) is 18.1. The van der Waals surface area contributed by atoms with E-state index >= 15 is 0 Å². The number of nitrogens with one attached hydrogen (secondary N) is 2. The molecular weight excluding hydrogens is 527 g/mol. The van der Waals surface area contributed by atoms with E-state index in [0.717, 1.165) is 11.8 Å². The lowest BCUT2D eigenvalue weighted by molar-refractivity contribution is -0.140. The van der Waals surface area contributed by atoms with Gasteiger partial charge in [-0.1, -0.05) is 17.7 Å². The number of alkyl halides is 3.